The van der Waals surface area contributed by atoms with Crippen LogP contribution in [0.2, 0.25) is 5.02 Å². The fourth-order valence-corrected chi connectivity index (χ4v) is 8.10. The van der Waals surface area contributed by atoms with E-state index in [2.05, 4.69) is 133 Å². The van der Waals surface area contributed by atoms with Crippen molar-refractivity contribution >= 4 is 45.1 Å². The average molecular weight is 724 g/mol. The number of anilines is 2. The third-order valence-corrected chi connectivity index (χ3v) is 10.5. The molecule has 2 atom stereocenters. The van der Waals surface area contributed by atoms with Crippen LogP contribution in [0, 0.1) is 0 Å². The van der Waals surface area contributed by atoms with Crippen molar-refractivity contribution in [1.82, 2.24) is 9.80 Å². The molecule has 3 aliphatic heterocycles. The van der Waals surface area contributed by atoms with Gasteiger partial charge in [-0.1, -0.05) is 96.2 Å². The van der Waals surface area contributed by atoms with E-state index in [1.54, 1.807) is 0 Å². The summed E-state index contributed by atoms with van der Waals surface area (Å²) in [5, 5.41) is 0.798. The molecule has 7 rings (SSSR count). The maximum Gasteiger partial charge on any atom is 0.394 e. The van der Waals surface area contributed by atoms with Gasteiger partial charge in [0.2, 0.25) is 0 Å². The second-order valence-electron chi connectivity index (χ2n) is 12.9. The van der Waals surface area contributed by atoms with Crippen LogP contribution >= 0.6 is 23.4 Å². The maximum atomic E-state index is 8.74. The molecular weight excluding hydrogens is 678 g/mol. The van der Waals surface area contributed by atoms with Crippen molar-refractivity contribution in [2.75, 3.05) is 39.1 Å². The van der Waals surface area contributed by atoms with Crippen LogP contribution in [-0.4, -0.2) is 79.7 Å². The molecule has 0 saturated carbocycles. The number of nitrogens with zero attached hydrogens (tertiary/aromatic N) is 3. The Kier molecular flexibility index (Phi) is 13.2. The lowest BCUT2D eigenvalue weighted by molar-refractivity contribution is -0.0426. The van der Waals surface area contributed by atoms with Crippen LogP contribution in [0.15, 0.2) is 113 Å². The van der Waals surface area contributed by atoms with Crippen molar-refractivity contribution in [3.8, 4) is 0 Å². The highest BCUT2D eigenvalue weighted by molar-refractivity contribution is 7.99. The normalized spacial score (nSPS) is 19.8. The number of benzene rings is 4. The molecular formula is C38H46ClN3O5S2. The van der Waals surface area contributed by atoms with Crippen molar-refractivity contribution in [1.29, 1.82) is 0 Å². The van der Waals surface area contributed by atoms with E-state index in [4.69, 9.17) is 33.9 Å². The molecule has 3 heterocycles. The Labute approximate surface area is 300 Å². The molecule has 11 heteroatoms. The van der Waals surface area contributed by atoms with Crippen molar-refractivity contribution in [3.05, 3.63) is 119 Å². The fourth-order valence-electron chi connectivity index (χ4n) is 6.86. The van der Waals surface area contributed by atoms with Crippen LogP contribution in [-0.2, 0) is 15.1 Å². The number of hydrogen-bond acceptors (Lipinski definition) is 7. The number of para-hydroxylation sites is 1. The number of ether oxygens (including phenoxy) is 1. The molecule has 0 aromatic heterocycles. The van der Waals surface area contributed by atoms with E-state index in [0.29, 0.717) is 18.2 Å². The largest absolute Gasteiger partial charge is 0.394 e. The second kappa shape index (κ2) is 17.3. The summed E-state index contributed by atoms with van der Waals surface area (Å²) in [5.41, 5.74) is 5.02. The van der Waals surface area contributed by atoms with Crippen LogP contribution in [0.1, 0.15) is 49.3 Å². The molecule has 49 heavy (non-hydrogen) atoms. The Hall–Kier alpha value is -2.93. The highest BCUT2D eigenvalue weighted by atomic mass is 35.5. The first-order chi connectivity index (χ1) is 23.5. The number of rotatable bonds is 8. The van der Waals surface area contributed by atoms with Gasteiger partial charge in [-0.3, -0.25) is 9.11 Å². The number of halogens is 1. The highest BCUT2D eigenvalue weighted by Crippen LogP contribution is 2.48. The van der Waals surface area contributed by atoms with Gasteiger partial charge in [0.05, 0.1) is 17.5 Å². The lowest BCUT2D eigenvalue weighted by atomic mass is 9.97. The van der Waals surface area contributed by atoms with Crippen molar-refractivity contribution < 1.29 is 22.3 Å². The Morgan fingerprint density at radius 1 is 0.837 bits per heavy atom. The molecule has 2 unspecified atom stereocenters. The first-order valence-corrected chi connectivity index (χ1v) is 19.2. The average Bonchev–Trinajstić information content (AvgIpc) is 3.26. The predicted octanol–water partition coefficient (Wildman–Crippen LogP) is 8.66. The first kappa shape index (κ1) is 37.3. The molecule has 262 valence electrons. The van der Waals surface area contributed by atoms with E-state index >= 15 is 0 Å². The summed E-state index contributed by atoms with van der Waals surface area (Å²) in [7, 11) is 1.85. The van der Waals surface area contributed by atoms with Crippen LogP contribution in [0.3, 0.4) is 0 Å². The summed E-state index contributed by atoms with van der Waals surface area (Å²) in [5.74, 6) is 0. The van der Waals surface area contributed by atoms with Gasteiger partial charge < -0.3 is 19.4 Å². The Morgan fingerprint density at radius 2 is 1.37 bits per heavy atom. The number of hydrogen-bond donors (Lipinski definition) is 2. The lowest BCUT2D eigenvalue weighted by Crippen LogP contribution is -2.43. The fraction of sp³-hybridized carbons (Fsp3) is 0.368. The molecule has 3 aliphatic rings. The van der Waals surface area contributed by atoms with E-state index in [0.717, 1.165) is 24.5 Å². The molecule has 2 saturated heterocycles. The van der Waals surface area contributed by atoms with Gasteiger partial charge in [-0.15, -0.1) is 0 Å². The minimum absolute atomic E-state index is 0.0465. The predicted molar refractivity (Wildman–Crippen MR) is 200 cm³/mol. The van der Waals surface area contributed by atoms with Gasteiger partial charge in [0.25, 0.3) is 0 Å². The minimum atomic E-state index is -4.67. The summed E-state index contributed by atoms with van der Waals surface area (Å²) in [6.07, 6.45) is 6.55. The van der Waals surface area contributed by atoms with Gasteiger partial charge in [0.1, 0.15) is 6.10 Å². The van der Waals surface area contributed by atoms with Crippen LogP contribution in [0.5, 0.6) is 0 Å². The van der Waals surface area contributed by atoms with E-state index in [1.807, 2.05) is 17.8 Å². The molecule has 0 spiro atoms. The molecule has 2 N–H and O–H groups in total. The van der Waals surface area contributed by atoms with Gasteiger partial charge in [-0.2, -0.15) is 8.42 Å². The monoisotopic (exact) mass is 723 g/mol. The summed E-state index contributed by atoms with van der Waals surface area (Å²) in [6.45, 7) is 2.09. The molecule has 8 nitrogen and oxygen atoms in total. The van der Waals surface area contributed by atoms with Gasteiger partial charge >= 0.3 is 10.4 Å². The SMILES string of the molecule is CN(C)CCCN1c2ccccc2Sc2ccc(Cl)cc21.CN1C2CCC1CC(OC(c1ccccc1)c1ccccc1)C2.O=S(=O)(O)O. The Bertz CT molecular complexity index is 1690. The Morgan fingerprint density at radius 3 is 1.94 bits per heavy atom. The molecule has 0 radical (unpaired) electrons. The van der Waals surface area contributed by atoms with Gasteiger partial charge in [-0.25, -0.2) is 0 Å². The summed E-state index contributed by atoms with van der Waals surface area (Å²) >= 11 is 8.03. The Balaban J connectivity index is 0.000000169. The topological polar surface area (TPSA) is 93.6 Å². The number of piperidine rings is 1. The smallest absolute Gasteiger partial charge is 0.365 e. The van der Waals surface area contributed by atoms with Crippen LogP contribution < -0.4 is 4.90 Å². The van der Waals surface area contributed by atoms with E-state index < -0.39 is 10.4 Å². The van der Waals surface area contributed by atoms with Crippen molar-refractivity contribution in [2.24, 2.45) is 0 Å². The highest BCUT2D eigenvalue weighted by Gasteiger charge is 2.39. The quantitative estimate of drug-likeness (QED) is 0.173. The summed E-state index contributed by atoms with van der Waals surface area (Å²) < 4.78 is 38.2. The molecule has 2 fully saturated rings. The molecule has 4 aromatic carbocycles. The third-order valence-electron chi connectivity index (χ3n) is 9.16. The maximum absolute atomic E-state index is 8.74. The van der Waals surface area contributed by atoms with E-state index in [9.17, 15) is 0 Å². The zero-order valence-electron chi connectivity index (χ0n) is 28.2. The first-order valence-electron chi connectivity index (χ1n) is 16.6. The van der Waals surface area contributed by atoms with Gasteiger partial charge in [0.15, 0.2) is 0 Å². The van der Waals surface area contributed by atoms with E-state index in [-0.39, 0.29) is 6.10 Å². The number of fused-ring (bicyclic) bond motifs is 4. The van der Waals surface area contributed by atoms with Gasteiger partial charge in [-0.05, 0) is 101 Å². The molecule has 0 amide bonds. The summed E-state index contributed by atoms with van der Waals surface area (Å²) in [6, 6.07) is 37.5. The second-order valence-corrected chi connectivity index (χ2v) is 15.3. The summed E-state index contributed by atoms with van der Waals surface area (Å²) in [4.78, 5) is 9.79. The minimum Gasteiger partial charge on any atom is -0.365 e. The standard InChI is InChI=1S/C21H25NO.C17H19ClN2S.H2O4S/c1-22-18-12-13-19(22)15-20(14-18)23-21(16-8-4-2-5-9-16)17-10-6-3-7-11-17;1-19(2)10-5-11-20-14-6-3-4-7-16(14)21-17-9-8-13(18)12-15(17)20;1-5(2,3)4/h2-11,18-21H,12-15H2,1H3;3-4,6-9,12H,5,10-11H2,1-2H3;(H2,1,2,3,4). The van der Waals surface area contributed by atoms with E-state index in [1.165, 1.54) is 58.0 Å². The van der Waals surface area contributed by atoms with Crippen molar-refractivity contribution in [2.45, 2.75) is 66.2 Å². The zero-order valence-corrected chi connectivity index (χ0v) is 30.6. The molecule has 4 aromatic rings. The lowest BCUT2D eigenvalue weighted by Gasteiger charge is -2.38. The third kappa shape index (κ3) is 10.8. The zero-order chi connectivity index (χ0) is 35.0. The van der Waals surface area contributed by atoms with Crippen LogP contribution in [0.25, 0.3) is 0 Å². The molecule has 0 aliphatic carbocycles. The molecule has 2 bridgehead atoms. The van der Waals surface area contributed by atoms with Gasteiger partial charge in [0, 0.05) is 33.4 Å². The van der Waals surface area contributed by atoms with Crippen molar-refractivity contribution in [3.63, 3.8) is 0 Å². The van der Waals surface area contributed by atoms with Crippen LogP contribution in [0.4, 0.5) is 11.4 Å².